The zero-order valence-electron chi connectivity index (χ0n) is 21.6. The second-order valence-corrected chi connectivity index (χ2v) is 10.9. The van der Waals surface area contributed by atoms with Crippen LogP contribution >= 0.6 is 0 Å². The van der Waals surface area contributed by atoms with E-state index >= 15 is 0 Å². The molecule has 0 aromatic heterocycles. The molecule has 1 N–H and O–H groups in total. The zero-order valence-corrected chi connectivity index (χ0v) is 22.4. The molecule has 9 nitrogen and oxygen atoms in total. The monoisotopic (exact) mass is 535 g/mol. The van der Waals surface area contributed by atoms with Gasteiger partial charge < -0.3 is 19.7 Å². The molecule has 0 spiro atoms. The van der Waals surface area contributed by atoms with E-state index in [1.165, 1.54) is 35.2 Å². The van der Waals surface area contributed by atoms with Gasteiger partial charge in [0.1, 0.15) is 31.6 Å². The molecule has 2 aromatic rings. The molecule has 0 saturated carbocycles. The largest absolute Gasteiger partial charge is 0.486 e. The number of nitrogens with one attached hydrogen (secondary N) is 1. The number of hydrogen-bond acceptors (Lipinski definition) is 6. The minimum absolute atomic E-state index is 0.00425. The predicted molar refractivity (Wildman–Crippen MR) is 139 cm³/mol. The van der Waals surface area contributed by atoms with Crippen LogP contribution in [-0.2, 0) is 26.2 Å². The molecule has 3 rings (SSSR count). The van der Waals surface area contributed by atoms with E-state index in [2.05, 4.69) is 5.32 Å². The Bertz CT molecular complexity index is 1210. The van der Waals surface area contributed by atoms with Crippen molar-refractivity contribution in [1.82, 2.24) is 10.2 Å². The third-order valence-electron chi connectivity index (χ3n) is 6.15. The van der Waals surface area contributed by atoms with Gasteiger partial charge in [0.05, 0.1) is 11.9 Å². The molecule has 1 aliphatic heterocycles. The number of fused-ring (bicyclic) bond motifs is 1. The van der Waals surface area contributed by atoms with Crippen molar-refractivity contribution in [1.29, 1.82) is 0 Å². The summed E-state index contributed by atoms with van der Waals surface area (Å²) in [5.74, 6) is -0.466. The maximum Gasteiger partial charge on any atom is 0.244 e. The van der Waals surface area contributed by atoms with Crippen molar-refractivity contribution in [3.8, 4) is 11.5 Å². The smallest absolute Gasteiger partial charge is 0.244 e. The number of anilines is 1. The molecule has 37 heavy (non-hydrogen) atoms. The van der Waals surface area contributed by atoms with Gasteiger partial charge in [0.2, 0.25) is 21.8 Å². The highest BCUT2D eigenvalue weighted by Gasteiger charge is 2.32. The van der Waals surface area contributed by atoms with E-state index in [4.69, 9.17) is 9.47 Å². The standard InChI is InChI=1S/C26H34FN3O6S/c1-5-18(3)28-26(32)22(6-2)29(16-19-7-9-20(27)10-8-19)25(31)17-30(37(4,33)34)21-11-12-23-24(15-21)36-14-13-35-23/h7-12,15,18,22H,5-6,13-14,16-17H2,1-4H3,(H,28,32)/t18-,22-/m1/s1. The third kappa shape index (κ3) is 7.34. The lowest BCUT2D eigenvalue weighted by atomic mass is 10.1. The molecule has 1 aliphatic rings. The number of halogens is 1. The quantitative estimate of drug-likeness (QED) is 0.474. The van der Waals surface area contributed by atoms with E-state index < -0.39 is 34.3 Å². The number of carbonyl (C=O) groups is 2. The van der Waals surface area contributed by atoms with Gasteiger partial charge in [-0.15, -0.1) is 0 Å². The fraction of sp³-hybridized carbons (Fsp3) is 0.462. The van der Waals surface area contributed by atoms with Crippen LogP contribution in [0, 0.1) is 5.82 Å². The normalized spacial score (nSPS) is 14.4. The van der Waals surface area contributed by atoms with Gasteiger partial charge in [-0.05, 0) is 49.6 Å². The Balaban J connectivity index is 1.94. The Morgan fingerprint density at radius 1 is 1.03 bits per heavy atom. The van der Waals surface area contributed by atoms with E-state index in [0.29, 0.717) is 43.1 Å². The summed E-state index contributed by atoms with van der Waals surface area (Å²) < 4.78 is 51.1. The molecular formula is C26H34FN3O6S. The molecule has 202 valence electrons. The topological polar surface area (TPSA) is 105 Å². The van der Waals surface area contributed by atoms with Crippen molar-refractivity contribution in [2.24, 2.45) is 0 Å². The van der Waals surface area contributed by atoms with Gasteiger partial charge in [0.25, 0.3) is 0 Å². The number of carbonyl (C=O) groups excluding carboxylic acids is 2. The van der Waals surface area contributed by atoms with Crippen LogP contribution in [0.3, 0.4) is 0 Å². The number of amides is 2. The number of hydrogen-bond donors (Lipinski definition) is 1. The Labute approximate surface area is 217 Å². The lowest BCUT2D eigenvalue weighted by Gasteiger charge is -2.33. The molecule has 2 atom stereocenters. The summed E-state index contributed by atoms with van der Waals surface area (Å²) >= 11 is 0. The first-order valence-electron chi connectivity index (χ1n) is 12.2. The molecular weight excluding hydrogens is 501 g/mol. The first-order valence-corrected chi connectivity index (χ1v) is 14.1. The lowest BCUT2D eigenvalue weighted by molar-refractivity contribution is -0.140. The summed E-state index contributed by atoms with van der Waals surface area (Å²) in [6.45, 7) is 5.76. The minimum atomic E-state index is -3.89. The average molecular weight is 536 g/mol. The van der Waals surface area contributed by atoms with E-state index in [-0.39, 0.29) is 24.2 Å². The van der Waals surface area contributed by atoms with Gasteiger partial charge in [-0.25, -0.2) is 12.8 Å². The van der Waals surface area contributed by atoms with Crippen molar-refractivity contribution < 1.29 is 31.9 Å². The van der Waals surface area contributed by atoms with Gasteiger partial charge in [0.15, 0.2) is 11.5 Å². The Morgan fingerprint density at radius 2 is 1.68 bits per heavy atom. The molecule has 0 bridgehead atoms. The summed E-state index contributed by atoms with van der Waals surface area (Å²) in [7, 11) is -3.89. The first-order chi connectivity index (χ1) is 17.5. The molecule has 11 heteroatoms. The molecule has 0 radical (unpaired) electrons. The Kier molecular flexibility index (Phi) is 9.36. The third-order valence-corrected chi connectivity index (χ3v) is 7.29. The molecule has 0 aliphatic carbocycles. The summed E-state index contributed by atoms with van der Waals surface area (Å²) in [5.41, 5.74) is 0.841. The van der Waals surface area contributed by atoms with E-state index in [1.54, 1.807) is 19.1 Å². The van der Waals surface area contributed by atoms with Gasteiger partial charge in [0, 0.05) is 18.7 Å². The van der Waals surface area contributed by atoms with E-state index in [9.17, 15) is 22.4 Å². The highest BCUT2D eigenvalue weighted by atomic mass is 32.2. The van der Waals surface area contributed by atoms with Crippen LogP contribution in [0.4, 0.5) is 10.1 Å². The fourth-order valence-electron chi connectivity index (χ4n) is 3.95. The van der Waals surface area contributed by atoms with Crippen molar-refractivity contribution in [2.75, 3.05) is 30.3 Å². The highest BCUT2D eigenvalue weighted by molar-refractivity contribution is 7.92. The maximum absolute atomic E-state index is 13.7. The zero-order chi connectivity index (χ0) is 27.2. The van der Waals surface area contributed by atoms with Crippen molar-refractivity contribution in [3.05, 3.63) is 53.8 Å². The van der Waals surface area contributed by atoms with Crippen LogP contribution in [0.1, 0.15) is 39.2 Å². The molecule has 1 heterocycles. The fourth-order valence-corrected chi connectivity index (χ4v) is 4.79. The van der Waals surface area contributed by atoms with Crippen molar-refractivity contribution >= 4 is 27.5 Å². The Morgan fingerprint density at radius 3 is 2.27 bits per heavy atom. The molecule has 2 aromatic carbocycles. The second-order valence-electron chi connectivity index (χ2n) is 8.99. The molecule has 0 fully saturated rings. The van der Waals surface area contributed by atoms with Crippen molar-refractivity contribution in [3.63, 3.8) is 0 Å². The van der Waals surface area contributed by atoms with Crippen LogP contribution in [0.25, 0.3) is 0 Å². The predicted octanol–water partition coefficient (Wildman–Crippen LogP) is 3.09. The number of rotatable bonds is 11. The van der Waals surface area contributed by atoms with Crippen LogP contribution in [0.2, 0.25) is 0 Å². The van der Waals surface area contributed by atoms with Crippen LogP contribution in [0.15, 0.2) is 42.5 Å². The summed E-state index contributed by atoms with van der Waals surface area (Å²) in [6, 6.07) is 9.30. The first kappa shape index (κ1) is 28.2. The lowest BCUT2D eigenvalue weighted by Crippen LogP contribution is -2.53. The average Bonchev–Trinajstić information content (AvgIpc) is 2.87. The van der Waals surface area contributed by atoms with Gasteiger partial charge in [-0.3, -0.25) is 13.9 Å². The molecule has 2 amide bonds. The maximum atomic E-state index is 13.7. The molecule has 0 saturated heterocycles. The van der Waals surface area contributed by atoms with Crippen LogP contribution < -0.4 is 19.1 Å². The number of sulfonamides is 1. The van der Waals surface area contributed by atoms with E-state index in [1.807, 2.05) is 13.8 Å². The minimum Gasteiger partial charge on any atom is -0.486 e. The SMILES string of the molecule is CC[C@@H](C)NC(=O)[C@@H](CC)N(Cc1ccc(F)cc1)C(=O)CN(c1ccc2c(c1)OCCO2)S(C)(=O)=O. The Hall–Kier alpha value is -3.34. The van der Waals surface area contributed by atoms with Gasteiger partial charge in [-0.2, -0.15) is 0 Å². The van der Waals surface area contributed by atoms with Crippen LogP contribution in [-0.4, -0.2) is 63.2 Å². The van der Waals surface area contributed by atoms with Crippen molar-refractivity contribution in [2.45, 2.75) is 52.2 Å². The van der Waals surface area contributed by atoms with Gasteiger partial charge in [-0.1, -0.05) is 26.0 Å². The van der Waals surface area contributed by atoms with E-state index in [0.717, 1.165) is 10.6 Å². The van der Waals surface area contributed by atoms with Gasteiger partial charge >= 0.3 is 0 Å². The number of nitrogens with zero attached hydrogens (tertiary/aromatic N) is 2. The summed E-state index contributed by atoms with van der Waals surface area (Å²) in [5, 5.41) is 2.91. The number of ether oxygens (including phenoxy) is 2. The highest BCUT2D eigenvalue weighted by Crippen LogP contribution is 2.34. The second kappa shape index (κ2) is 12.3. The summed E-state index contributed by atoms with van der Waals surface area (Å²) in [4.78, 5) is 28.2. The summed E-state index contributed by atoms with van der Waals surface area (Å²) in [6.07, 6.45) is 2.02. The molecule has 0 unspecified atom stereocenters. The number of benzene rings is 2. The van der Waals surface area contributed by atoms with Crippen LogP contribution in [0.5, 0.6) is 11.5 Å².